The van der Waals surface area contributed by atoms with Crippen molar-refractivity contribution in [3.8, 4) is 0 Å². The highest BCUT2D eigenvalue weighted by atomic mass is 16.7. The van der Waals surface area contributed by atoms with Crippen molar-refractivity contribution in [2.45, 2.75) is 19.2 Å². The van der Waals surface area contributed by atoms with Crippen LogP contribution in [0.25, 0.3) is 0 Å². The zero-order valence-electron chi connectivity index (χ0n) is 10.7. The molecule has 0 saturated carbocycles. The standard InChI is InChI=1S/C13H13N5O2/c19-13-17-6-10-12(15-16-14-10)11(7-17)18(13)20-8-9-4-2-1-3-5-9/h1-5,11H,6-8H2,(H,14,15,16). The molecule has 1 atom stereocenters. The summed E-state index contributed by atoms with van der Waals surface area (Å²) in [6, 6.07) is 9.49. The number of aromatic nitrogens is 3. The summed E-state index contributed by atoms with van der Waals surface area (Å²) in [5.41, 5.74) is 2.72. The van der Waals surface area contributed by atoms with E-state index in [0.717, 1.165) is 17.0 Å². The molecular weight excluding hydrogens is 258 g/mol. The van der Waals surface area contributed by atoms with Crippen LogP contribution in [0.15, 0.2) is 30.3 Å². The van der Waals surface area contributed by atoms with Crippen LogP contribution in [0, 0.1) is 0 Å². The molecule has 1 aromatic heterocycles. The third-order valence-corrected chi connectivity index (χ3v) is 3.67. The first-order valence-electron chi connectivity index (χ1n) is 6.48. The third-order valence-electron chi connectivity index (χ3n) is 3.67. The maximum atomic E-state index is 12.2. The van der Waals surface area contributed by atoms with Crippen LogP contribution in [0.5, 0.6) is 0 Å². The third kappa shape index (κ3) is 1.67. The number of nitrogens with one attached hydrogen (secondary N) is 1. The van der Waals surface area contributed by atoms with Crippen LogP contribution < -0.4 is 0 Å². The second-order valence-corrected chi connectivity index (χ2v) is 4.94. The summed E-state index contributed by atoms with van der Waals surface area (Å²) in [5.74, 6) is 0. The Morgan fingerprint density at radius 2 is 2.20 bits per heavy atom. The normalized spacial score (nSPS) is 20.4. The Kier molecular flexibility index (Phi) is 2.46. The maximum absolute atomic E-state index is 12.2. The molecule has 2 bridgehead atoms. The fourth-order valence-electron chi connectivity index (χ4n) is 2.66. The lowest BCUT2D eigenvalue weighted by molar-refractivity contribution is -0.142. The number of aromatic amines is 1. The van der Waals surface area contributed by atoms with Crippen molar-refractivity contribution in [3.05, 3.63) is 47.3 Å². The van der Waals surface area contributed by atoms with Crippen molar-refractivity contribution in [2.24, 2.45) is 0 Å². The van der Waals surface area contributed by atoms with Crippen LogP contribution in [0.4, 0.5) is 4.79 Å². The predicted octanol–water partition coefficient (Wildman–Crippen LogP) is 1.23. The van der Waals surface area contributed by atoms with Gasteiger partial charge in [-0.15, -0.1) is 5.10 Å². The van der Waals surface area contributed by atoms with E-state index in [-0.39, 0.29) is 12.1 Å². The summed E-state index contributed by atoms with van der Waals surface area (Å²) < 4.78 is 0. The molecule has 2 aliphatic heterocycles. The lowest BCUT2D eigenvalue weighted by Crippen LogP contribution is -2.30. The van der Waals surface area contributed by atoms with Gasteiger partial charge in [0.05, 0.1) is 18.8 Å². The van der Waals surface area contributed by atoms with Crippen molar-refractivity contribution in [3.63, 3.8) is 0 Å². The number of urea groups is 1. The molecule has 1 aromatic carbocycles. The number of benzene rings is 1. The molecule has 2 aromatic rings. The van der Waals surface area contributed by atoms with E-state index in [0.29, 0.717) is 19.7 Å². The smallest absolute Gasteiger partial charge is 0.314 e. The Bertz CT molecular complexity index is 641. The van der Waals surface area contributed by atoms with Crippen LogP contribution in [0.1, 0.15) is 23.0 Å². The summed E-state index contributed by atoms with van der Waals surface area (Å²) in [6.45, 7) is 1.49. The lowest BCUT2D eigenvalue weighted by atomic mass is 10.1. The number of rotatable bonds is 3. The fourth-order valence-corrected chi connectivity index (χ4v) is 2.66. The highest BCUT2D eigenvalue weighted by Gasteiger charge is 2.46. The molecule has 1 N–H and O–H groups in total. The van der Waals surface area contributed by atoms with Gasteiger partial charge in [0.2, 0.25) is 0 Å². The van der Waals surface area contributed by atoms with Crippen molar-refractivity contribution in [1.82, 2.24) is 25.4 Å². The van der Waals surface area contributed by atoms with E-state index in [2.05, 4.69) is 15.4 Å². The summed E-state index contributed by atoms with van der Waals surface area (Å²) >= 11 is 0. The number of amides is 2. The van der Waals surface area contributed by atoms with Gasteiger partial charge < -0.3 is 4.90 Å². The Morgan fingerprint density at radius 3 is 3.05 bits per heavy atom. The van der Waals surface area contributed by atoms with E-state index in [4.69, 9.17) is 4.84 Å². The van der Waals surface area contributed by atoms with E-state index >= 15 is 0 Å². The number of hydroxylamine groups is 2. The molecule has 0 spiro atoms. The summed E-state index contributed by atoms with van der Waals surface area (Å²) in [5, 5.41) is 12.1. The quantitative estimate of drug-likeness (QED) is 0.911. The minimum Gasteiger partial charge on any atom is -0.314 e. The minimum absolute atomic E-state index is 0.114. The monoisotopic (exact) mass is 271 g/mol. The van der Waals surface area contributed by atoms with Gasteiger partial charge in [0.15, 0.2) is 0 Å². The van der Waals surface area contributed by atoms with Crippen molar-refractivity contribution < 1.29 is 9.63 Å². The fraction of sp³-hybridized carbons (Fsp3) is 0.308. The SMILES string of the molecule is O=C1N2Cc3[nH]nnc3C(C2)N1OCc1ccccc1. The second kappa shape index (κ2) is 4.31. The minimum atomic E-state index is -0.172. The number of H-pyrrole nitrogens is 1. The van der Waals surface area contributed by atoms with Crippen LogP contribution in [0.2, 0.25) is 0 Å². The zero-order chi connectivity index (χ0) is 13.5. The molecule has 4 rings (SSSR count). The van der Waals surface area contributed by atoms with E-state index in [9.17, 15) is 4.79 Å². The zero-order valence-corrected chi connectivity index (χ0v) is 10.7. The van der Waals surface area contributed by atoms with Crippen LogP contribution in [-0.2, 0) is 18.0 Å². The Hall–Kier alpha value is -2.41. The van der Waals surface area contributed by atoms with Gasteiger partial charge in [-0.05, 0) is 5.56 Å². The molecule has 2 amide bonds. The predicted molar refractivity (Wildman–Crippen MR) is 68.0 cm³/mol. The molecule has 3 heterocycles. The molecule has 0 radical (unpaired) electrons. The highest BCUT2D eigenvalue weighted by Crippen LogP contribution is 2.35. The van der Waals surface area contributed by atoms with Gasteiger partial charge >= 0.3 is 6.03 Å². The Morgan fingerprint density at radius 1 is 1.35 bits per heavy atom. The first-order chi connectivity index (χ1) is 9.83. The average Bonchev–Trinajstić information content (AvgIpc) is 3.05. The van der Waals surface area contributed by atoms with Crippen LogP contribution in [-0.4, -0.2) is 37.9 Å². The van der Waals surface area contributed by atoms with E-state index < -0.39 is 0 Å². The van der Waals surface area contributed by atoms with Gasteiger partial charge in [0.25, 0.3) is 0 Å². The number of fused-ring (bicyclic) bond motifs is 4. The first kappa shape index (κ1) is 11.4. The van der Waals surface area contributed by atoms with Gasteiger partial charge in [-0.3, -0.25) is 9.94 Å². The van der Waals surface area contributed by atoms with E-state index in [1.165, 1.54) is 5.06 Å². The van der Waals surface area contributed by atoms with Crippen molar-refractivity contribution >= 4 is 6.03 Å². The van der Waals surface area contributed by atoms with Gasteiger partial charge in [-0.1, -0.05) is 35.5 Å². The maximum Gasteiger partial charge on any atom is 0.345 e. The lowest BCUT2D eigenvalue weighted by Gasteiger charge is -2.21. The summed E-state index contributed by atoms with van der Waals surface area (Å²) in [4.78, 5) is 19.7. The number of nitrogens with zero attached hydrogens (tertiary/aromatic N) is 4. The Labute approximate surface area is 115 Å². The molecular formula is C13H13N5O2. The molecule has 2 aliphatic rings. The van der Waals surface area contributed by atoms with E-state index in [1.807, 2.05) is 30.3 Å². The first-order valence-corrected chi connectivity index (χ1v) is 6.48. The van der Waals surface area contributed by atoms with Crippen LogP contribution in [0.3, 0.4) is 0 Å². The molecule has 7 heteroatoms. The van der Waals surface area contributed by atoms with Crippen molar-refractivity contribution in [1.29, 1.82) is 0 Å². The average molecular weight is 271 g/mol. The molecule has 1 fully saturated rings. The summed E-state index contributed by atoms with van der Waals surface area (Å²) in [7, 11) is 0. The van der Waals surface area contributed by atoms with E-state index in [1.54, 1.807) is 4.90 Å². The summed E-state index contributed by atoms with van der Waals surface area (Å²) in [6.07, 6.45) is 0. The molecule has 20 heavy (non-hydrogen) atoms. The van der Waals surface area contributed by atoms with Crippen molar-refractivity contribution in [2.75, 3.05) is 6.54 Å². The molecule has 1 saturated heterocycles. The number of hydrogen-bond donors (Lipinski definition) is 1. The highest BCUT2D eigenvalue weighted by molar-refractivity contribution is 5.77. The number of carbonyl (C=O) groups excluding carboxylic acids is 1. The molecule has 102 valence electrons. The molecule has 1 unspecified atom stereocenters. The number of hydrogen-bond acceptors (Lipinski definition) is 4. The van der Waals surface area contributed by atoms with Gasteiger partial charge in [0, 0.05) is 0 Å². The van der Waals surface area contributed by atoms with Crippen LogP contribution >= 0.6 is 0 Å². The second-order valence-electron chi connectivity index (χ2n) is 4.94. The molecule has 7 nitrogen and oxygen atoms in total. The van der Waals surface area contributed by atoms with Gasteiger partial charge in [-0.25, -0.2) is 4.79 Å². The topological polar surface area (TPSA) is 74.4 Å². The largest absolute Gasteiger partial charge is 0.345 e. The molecule has 0 aliphatic carbocycles. The van der Waals surface area contributed by atoms with Gasteiger partial charge in [0.1, 0.15) is 18.3 Å². The number of carbonyl (C=O) groups is 1. The van der Waals surface area contributed by atoms with Gasteiger partial charge in [-0.2, -0.15) is 5.06 Å². The Balaban J connectivity index is 1.55.